The molecule has 0 aliphatic heterocycles. The summed E-state index contributed by atoms with van der Waals surface area (Å²) < 4.78 is 9.78. The molecule has 0 saturated carbocycles. The maximum absolute atomic E-state index is 11.0. The molecule has 298 valence electrons. The Morgan fingerprint density at radius 2 is 0.875 bits per heavy atom. The largest absolute Gasteiger partial charge is 0.427 e. The lowest BCUT2D eigenvalue weighted by atomic mass is 10.2. The van der Waals surface area contributed by atoms with Crippen molar-refractivity contribution in [2.45, 2.75) is 60.3 Å². The number of aliphatic hydroxyl groups excluding tert-OH is 2. The van der Waals surface area contributed by atoms with Crippen molar-refractivity contribution in [1.29, 1.82) is 0 Å². The zero-order chi connectivity index (χ0) is 41.6. The molecule has 0 aliphatic rings. The summed E-state index contributed by atoms with van der Waals surface area (Å²) in [5.41, 5.74) is 11.5. The second-order valence-corrected chi connectivity index (χ2v) is 12.0. The number of hydrogen-bond donors (Lipinski definition) is 5. The van der Waals surface area contributed by atoms with E-state index in [1.165, 1.54) is 11.1 Å². The summed E-state index contributed by atoms with van der Waals surface area (Å²) in [4.78, 5) is 43.6. The number of anilines is 3. The molecule has 0 aliphatic carbocycles. The summed E-state index contributed by atoms with van der Waals surface area (Å²) in [6.07, 6.45) is 1.12. The van der Waals surface area contributed by atoms with Gasteiger partial charge in [-0.2, -0.15) is 0 Å². The Morgan fingerprint density at radius 3 is 1.23 bits per heavy atom. The number of hydrogen-bond acceptors (Lipinski definition) is 9. The van der Waals surface area contributed by atoms with Gasteiger partial charge in [-0.3, -0.25) is 19.2 Å². The number of aliphatic hydroxyl groups is 2. The Hall–Kier alpha value is -6.30. The molecule has 0 fully saturated rings. The number of esters is 2. The van der Waals surface area contributed by atoms with Crippen molar-refractivity contribution in [3.05, 3.63) is 150 Å². The highest BCUT2D eigenvalue weighted by Crippen LogP contribution is 2.11. The maximum Gasteiger partial charge on any atom is 0.313 e. The van der Waals surface area contributed by atoms with Crippen LogP contribution in [0, 0.1) is 20.8 Å². The van der Waals surface area contributed by atoms with Crippen LogP contribution in [0.15, 0.2) is 133 Å². The van der Waals surface area contributed by atoms with Gasteiger partial charge in [0.15, 0.2) is 0 Å². The Labute approximate surface area is 330 Å². The highest BCUT2D eigenvalue weighted by Gasteiger charge is 2.02. The molecule has 0 heterocycles. The van der Waals surface area contributed by atoms with Gasteiger partial charge < -0.3 is 36.1 Å². The van der Waals surface area contributed by atoms with E-state index in [4.69, 9.17) is 25.4 Å². The third-order valence-electron chi connectivity index (χ3n) is 6.96. The molecule has 5 aromatic carbocycles. The van der Waals surface area contributed by atoms with E-state index >= 15 is 0 Å². The molecule has 0 radical (unpaired) electrons. The third-order valence-corrected chi connectivity index (χ3v) is 6.96. The predicted molar refractivity (Wildman–Crippen MR) is 223 cm³/mol. The Bertz CT molecular complexity index is 1800. The van der Waals surface area contributed by atoms with Crippen LogP contribution in [-0.4, -0.2) is 47.2 Å². The summed E-state index contributed by atoms with van der Waals surface area (Å²) in [5.74, 6) is 0.403. The van der Waals surface area contributed by atoms with Gasteiger partial charge in [0.2, 0.25) is 11.8 Å². The fourth-order valence-electron chi connectivity index (χ4n) is 3.87. The van der Waals surface area contributed by atoms with Crippen molar-refractivity contribution in [2.24, 2.45) is 0 Å². The molecule has 0 aromatic heterocycles. The summed E-state index contributed by atoms with van der Waals surface area (Å²) >= 11 is 0. The first-order valence-corrected chi connectivity index (χ1v) is 18.2. The first-order valence-electron chi connectivity index (χ1n) is 18.2. The Balaban J connectivity index is 0.000000352. The Kier molecular flexibility index (Phi) is 24.8. The summed E-state index contributed by atoms with van der Waals surface area (Å²) in [6.45, 7) is 9.36. The first-order chi connectivity index (χ1) is 26.9. The Morgan fingerprint density at radius 1 is 0.500 bits per heavy atom. The smallest absolute Gasteiger partial charge is 0.313 e. The van der Waals surface area contributed by atoms with Gasteiger partial charge in [0.05, 0.1) is 26.1 Å². The van der Waals surface area contributed by atoms with Gasteiger partial charge >= 0.3 is 11.9 Å². The molecular weight excluding hydrogens is 711 g/mol. The second kappa shape index (κ2) is 29.1. The molecule has 11 heteroatoms. The highest BCUT2D eigenvalue weighted by atomic mass is 16.5. The lowest BCUT2D eigenvalue weighted by Gasteiger charge is -2.03. The van der Waals surface area contributed by atoms with Gasteiger partial charge in [-0.25, -0.2) is 0 Å². The number of carbonyl (C=O) groups excluding carboxylic acids is 4. The first kappa shape index (κ1) is 47.7. The van der Waals surface area contributed by atoms with E-state index in [1.54, 1.807) is 43.3 Å². The zero-order valence-corrected chi connectivity index (χ0v) is 32.9. The van der Waals surface area contributed by atoms with Crippen LogP contribution in [0.1, 0.15) is 56.2 Å². The van der Waals surface area contributed by atoms with E-state index in [9.17, 15) is 19.2 Å². The van der Waals surface area contributed by atoms with E-state index in [2.05, 4.69) is 10.6 Å². The van der Waals surface area contributed by atoms with Crippen LogP contribution < -0.4 is 25.8 Å². The van der Waals surface area contributed by atoms with Gasteiger partial charge in [-0.1, -0.05) is 103 Å². The molecule has 0 saturated heterocycles. The zero-order valence-electron chi connectivity index (χ0n) is 32.9. The summed E-state index contributed by atoms with van der Waals surface area (Å²) in [7, 11) is 0. The van der Waals surface area contributed by atoms with E-state index in [0.29, 0.717) is 24.3 Å². The van der Waals surface area contributed by atoms with Crippen molar-refractivity contribution in [3.63, 3.8) is 0 Å². The number of ether oxygens (including phenoxy) is 2. The average molecular weight is 766 g/mol. The normalized spacial score (nSPS) is 9.41. The lowest BCUT2D eigenvalue weighted by molar-refractivity contribution is -0.135. The van der Waals surface area contributed by atoms with Crippen LogP contribution >= 0.6 is 0 Å². The van der Waals surface area contributed by atoms with Crippen LogP contribution in [0.4, 0.5) is 17.1 Å². The molecule has 0 atom stereocenters. The number of nitrogens with one attached hydrogen (secondary N) is 2. The monoisotopic (exact) mass is 765 g/mol. The molecule has 0 spiro atoms. The van der Waals surface area contributed by atoms with Gasteiger partial charge in [0, 0.05) is 29.9 Å². The van der Waals surface area contributed by atoms with E-state index in [-0.39, 0.29) is 43.8 Å². The van der Waals surface area contributed by atoms with Gasteiger partial charge in [0.25, 0.3) is 0 Å². The molecule has 5 aromatic rings. The topological polar surface area (TPSA) is 177 Å². The maximum atomic E-state index is 11.0. The highest BCUT2D eigenvalue weighted by molar-refractivity contribution is 5.91. The molecule has 0 bridgehead atoms. The molecular formula is C45H55N3O8. The van der Waals surface area contributed by atoms with Crippen LogP contribution in [0.5, 0.6) is 11.5 Å². The SMILES string of the molecule is CCC(=O)Nc1ccc(C)cc1.CCC(=O)Oc1ccccc1.Cc1ccc(N)cc1.Cc1ccc(NC(=O)CCO)cc1.O=C(CCO)Oc1ccccc1. The van der Waals surface area contributed by atoms with Crippen LogP contribution in [0.25, 0.3) is 0 Å². The van der Waals surface area contributed by atoms with Crippen molar-refractivity contribution in [1.82, 2.24) is 0 Å². The van der Waals surface area contributed by atoms with Crippen molar-refractivity contribution < 1.29 is 38.9 Å². The van der Waals surface area contributed by atoms with Crippen LogP contribution in [0.2, 0.25) is 0 Å². The molecule has 5 rings (SSSR count). The van der Waals surface area contributed by atoms with E-state index < -0.39 is 5.97 Å². The standard InChI is InChI=1S/C10H13NO2.C10H13NO.C9H10O3.C9H10O2.C7H9N/c1-8-2-4-9(5-3-8)11-10(13)6-7-12;1-3-10(12)11-9-6-4-8(2)5-7-9;10-7-6-9(11)12-8-4-2-1-3-5-8;1-2-9(10)11-8-6-4-3-5-7-8;1-6-2-4-7(8)5-3-6/h2-5,12H,6-7H2,1H3,(H,11,13);4-7H,3H2,1-2H3,(H,11,12);1-5,10H,6-7H2;3-7H,2H2,1H3;2-5H,8H2,1H3. The second-order valence-electron chi connectivity index (χ2n) is 12.0. The van der Waals surface area contributed by atoms with Gasteiger partial charge in [-0.15, -0.1) is 0 Å². The quantitative estimate of drug-likeness (QED) is 0.0533. The minimum Gasteiger partial charge on any atom is -0.427 e. The molecule has 56 heavy (non-hydrogen) atoms. The number of benzene rings is 5. The minimum atomic E-state index is -0.413. The van der Waals surface area contributed by atoms with Crippen molar-refractivity contribution >= 4 is 40.8 Å². The molecule has 6 N–H and O–H groups in total. The lowest BCUT2D eigenvalue weighted by Crippen LogP contribution is -2.12. The predicted octanol–water partition coefficient (Wildman–Crippen LogP) is 8.21. The number of para-hydroxylation sites is 2. The van der Waals surface area contributed by atoms with Gasteiger partial charge in [-0.05, 0) is 81.4 Å². The number of nitrogens with two attached hydrogens (primary N) is 1. The average Bonchev–Trinajstić information content (AvgIpc) is 3.20. The summed E-state index contributed by atoms with van der Waals surface area (Å²) in [6, 6.07) is 40.9. The third kappa shape index (κ3) is 24.1. The fraction of sp³-hybridized carbons (Fsp3) is 0.244. The van der Waals surface area contributed by atoms with Gasteiger partial charge in [0.1, 0.15) is 11.5 Å². The van der Waals surface area contributed by atoms with Crippen LogP contribution in [0.3, 0.4) is 0 Å². The summed E-state index contributed by atoms with van der Waals surface area (Å²) in [5, 5.41) is 22.4. The molecule has 11 nitrogen and oxygen atoms in total. The fourth-order valence-corrected chi connectivity index (χ4v) is 3.87. The number of nitrogen functional groups attached to an aromatic ring is 1. The van der Waals surface area contributed by atoms with E-state index in [0.717, 1.165) is 22.6 Å². The number of rotatable bonds is 10. The van der Waals surface area contributed by atoms with E-state index in [1.807, 2.05) is 125 Å². The minimum absolute atomic E-state index is 0.0366. The van der Waals surface area contributed by atoms with Crippen molar-refractivity contribution in [3.8, 4) is 11.5 Å². The van der Waals surface area contributed by atoms with Crippen LogP contribution in [-0.2, 0) is 19.2 Å². The number of amides is 2. The molecule has 0 unspecified atom stereocenters. The number of aryl methyl sites for hydroxylation is 3. The number of carbonyl (C=O) groups is 4. The molecule has 2 amide bonds. The van der Waals surface area contributed by atoms with Crippen molar-refractivity contribution in [2.75, 3.05) is 29.6 Å².